The molecule has 0 aromatic heterocycles. The molecule has 5 amide bonds. The van der Waals surface area contributed by atoms with Gasteiger partial charge in [-0.05, 0) is 73.5 Å². The van der Waals surface area contributed by atoms with Crippen molar-refractivity contribution in [2.75, 3.05) is 24.9 Å². The van der Waals surface area contributed by atoms with Crippen molar-refractivity contribution in [2.45, 2.75) is 78.8 Å². The molecule has 7 rings (SSSR count). The molecule has 4 aromatic rings. The molecule has 3 heterocycles. The number of nitrogens with zero attached hydrogens (tertiary/aromatic N) is 2. The summed E-state index contributed by atoms with van der Waals surface area (Å²) >= 11 is 0. The summed E-state index contributed by atoms with van der Waals surface area (Å²) in [7, 11) is 4.26. The number of ether oxygens (including phenoxy) is 2. The molecule has 6 N–H and O–H groups in total. The van der Waals surface area contributed by atoms with Crippen LogP contribution in [0, 0.1) is 11.6 Å². The maximum absolute atomic E-state index is 14.1. The Balaban J connectivity index is 0.000000258. The van der Waals surface area contributed by atoms with Crippen LogP contribution in [-0.4, -0.2) is 76.7 Å². The third kappa shape index (κ3) is 10.4. The predicted molar refractivity (Wildman–Crippen MR) is 223 cm³/mol. The number of carbonyl (C=O) groups excluding carboxylic acids is 5. The molecule has 324 valence electrons. The normalized spacial score (nSPS) is 15.6. The SMILES string of the molecule is C.COc1ccc(F)c(CNc2cccc3c2CN(C(CCC(=O)O)C(N)=O)C3=O)c1.COc1ccc(F)c(CNc2cccc3c2CN(C2CCC(=O)NC2=O)C3=O)c1.[2H]C. The zero-order valence-electron chi connectivity index (χ0n) is 34.2. The van der Waals surface area contributed by atoms with Crippen molar-refractivity contribution < 1.29 is 53.5 Å². The van der Waals surface area contributed by atoms with Gasteiger partial charge in [-0.25, -0.2) is 8.78 Å². The van der Waals surface area contributed by atoms with Crippen LogP contribution in [0.2, 0.25) is 0 Å². The molecule has 1 fully saturated rings. The monoisotopic (exact) mass is 845 g/mol. The van der Waals surface area contributed by atoms with Crippen LogP contribution < -0.4 is 31.2 Å². The number of hydrogen-bond donors (Lipinski definition) is 5. The van der Waals surface area contributed by atoms with E-state index in [1.165, 1.54) is 49.6 Å². The number of nitrogens with two attached hydrogens (primary N) is 1. The number of rotatable bonds is 14. The number of carboxylic acid groups (broad SMARTS) is 1. The third-order valence-corrected chi connectivity index (χ3v) is 10.4. The van der Waals surface area contributed by atoms with Crippen molar-refractivity contribution in [1.82, 2.24) is 15.1 Å². The van der Waals surface area contributed by atoms with Gasteiger partial charge in [0.1, 0.15) is 35.2 Å². The maximum atomic E-state index is 14.1. The number of primary amides is 1. The number of nitrogens with one attached hydrogen (secondary N) is 3. The largest absolute Gasteiger partial charge is 0.497 e. The summed E-state index contributed by atoms with van der Waals surface area (Å²) in [6, 6.07) is 17.6. The molecule has 17 heteroatoms. The quantitative estimate of drug-likeness (QED) is 0.0987. The van der Waals surface area contributed by atoms with Crippen LogP contribution in [0.1, 0.15) is 84.9 Å². The summed E-state index contributed by atoms with van der Waals surface area (Å²) in [5.74, 6) is -2.91. The lowest BCUT2D eigenvalue weighted by atomic mass is 10.0. The fourth-order valence-corrected chi connectivity index (χ4v) is 7.24. The van der Waals surface area contributed by atoms with Crippen LogP contribution in [0.5, 0.6) is 11.5 Å². The van der Waals surface area contributed by atoms with Crippen LogP contribution in [-0.2, 0) is 45.4 Å². The van der Waals surface area contributed by atoms with E-state index < -0.39 is 41.6 Å². The van der Waals surface area contributed by atoms with Gasteiger partial charge in [0, 0.05) is 85.1 Å². The number of carbonyl (C=O) groups is 6. The van der Waals surface area contributed by atoms with Crippen LogP contribution in [0.15, 0.2) is 72.8 Å². The van der Waals surface area contributed by atoms with Crippen molar-refractivity contribution in [3.63, 3.8) is 0 Å². The smallest absolute Gasteiger partial charge is 0.303 e. The Bertz CT molecular complexity index is 2330. The van der Waals surface area contributed by atoms with E-state index in [0.717, 1.165) is 5.56 Å². The number of carboxylic acids is 1. The Morgan fingerprint density at radius 2 is 1.38 bits per heavy atom. The number of piperidine rings is 1. The fraction of sp³-hybridized carbons (Fsp3) is 0.318. The molecule has 0 spiro atoms. The first-order valence-electron chi connectivity index (χ1n) is 19.6. The summed E-state index contributed by atoms with van der Waals surface area (Å²) in [4.78, 5) is 74.8. The lowest BCUT2D eigenvalue weighted by Gasteiger charge is -2.29. The Morgan fingerprint density at radius 3 is 1.87 bits per heavy atom. The lowest BCUT2D eigenvalue weighted by Crippen LogP contribution is -2.52. The second kappa shape index (κ2) is 20.3. The van der Waals surface area contributed by atoms with Gasteiger partial charge in [0.05, 0.1) is 14.2 Å². The molecule has 1 saturated heterocycles. The first kappa shape index (κ1) is 45.1. The molecule has 0 bridgehead atoms. The van der Waals surface area contributed by atoms with Crippen molar-refractivity contribution in [3.8, 4) is 11.5 Å². The van der Waals surface area contributed by atoms with Crippen LogP contribution >= 0.6 is 0 Å². The Labute approximate surface area is 353 Å². The highest BCUT2D eigenvalue weighted by Crippen LogP contribution is 2.34. The van der Waals surface area contributed by atoms with Gasteiger partial charge >= 0.3 is 5.97 Å². The third-order valence-electron chi connectivity index (χ3n) is 10.4. The van der Waals surface area contributed by atoms with Crippen LogP contribution in [0.3, 0.4) is 0 Å². The molecule has 0 saturated carbocycles. The molecular weight excluding hydrogens is 795 g/mol. The van der Waals surface area contributed by atoms with E-state index in [4.69, 9.17) is 21.7 Å². The highest BCUT2D eigenvalue weighted by molar-refractivity contribution is 6.06. The van der Waals surface area contributed by atoms with E-state index in [1.807, 2.05) is 6.07 Å². The Morgan fingerprint density at radius 1 is 0.852 bits per heavy atom. The van der Waals surface area contributed by atoms with Gasteiger partial charge in [-0.15, -0.1) is 0 Å². The molecule has 4 aromatic carbocycles. The first-order valence-corrected chi connectivity index (χ1v) is 18.6. The zero-order valence-corrected chi connectivity index (χ0v) is 33.2. The molecule has 3 aliphatic rings. The van der Waals surface area contributed by atoms with Gasteiger partial charge in [0.2, 0.25) is 17.7 Å². The summed E-state index contributed by atoms with van der Waals surface area (Å²) in [5, 5.41) is 17.5. The fourth-order valence-electron chi connectivity index (χ4n) is 7.24. The van der Waals surface area contributed by atoms with Gasteiger partial charge in [-0.1, -0.05) is 27.0 Å². The van der Waals surface area contributed by atoms with E-state index in [9.17, 15) is 37.5 Å². The van der Waals surface area contributed by atoms with Gasteiger partial charge in [-0.2, -0.15) is 0 Å². The number of methoxy groups -OCH3 is 2. The molecule has 61 heavy (non-hydrogen) atoms. The predicted octanol–water partition coefficient (Wildman–Crippen LogP) is 5.60. The summed E-state index contributed by atoms with van der Waals surface area (Å²) < 4.78 is 44.2. The van der Waals surface area contributed by atoms with Crippen molar-refractivity contribution in [2.24, 2.45) is 5.73 Å². The number of hydrogen-bond acceptors (Lipinski definition) is 10. The van der Waals surface area contributed by atoms with Crippen LogP contribution in [0.25, 0.3) is 0 Å². The van der Waals surface area contributed by atoms with Gasteiger partial charge in [0.15, 0.2) is 0 Å². The van der Waals surface area contributed by atoms with Gasteiger partial charge in [0.25, 0.3) is 11.8 Å². The Kier molecular flexibility index (Phi) is 15.0. The minimum atomic E-state index is -1.08. The minimum Gasteiger partial charge on any atom is -0.497 e. The van der Waals surface area contributed by atoms with E-state index >= 15 is 0 Å². The summed E-state index contributed by atoms with van der Waals surface area (Å²) in [6.45, 7) is 0.730. The number of halogens is 2. The van der Waals surface area contributed by atoms with E-state index in [2.05, 4.69) is 16.0 Å². The molecular formula is C44H50F2N6O9. The molecule has 2 unspecified atom stereocenters. The number of imide groups is 1. The lowest BCUT2D eigenvalue weighted by molar-refractivity contribution is -0.138. The zero-order chi connectivity index (χ0) is 44.4. The van der Waals surface area contributed by atoms with E-state index in [-0.39, 0.29) is 70.5 Å². The molecule has 15 nitrogen and oxygen atoms in total. The van der Waals surface area contributed by atoms with E-state index in [1.54, 1.807) is 48.5 Å². The molecule has 3 aliphatic heterocycles. The topological polar surface area (TPSA) is 210 Å². The summed E-state index contributed by atoms with van der Waals surface area (Å²) in [5.41, 5.74) is 9.87. The number of anilines is 2. The summed E-state index contributed by atoms with van der Waals surface area (Å²) in [6.07, 6.45) is 0.162. The highest BCUT2D eigenvalue weighted by atomic mass is 19.1. The number of benzene rings is 4. The van der Waals surface area contributed by atoms with Crippen molar-refractivity contribution in [3.05, 3.63) is 118 Å². The number of fused-ring (bicyclic) bond motifs is 2. The number of aliphatic carboxylic acids is 1. The van der Waals surface area contributed by atoms with Crippen molar-refractivity contribution in [1.29, 1.82) is 0 Å². The average Bonchev–Trinajstić information content (AvgIpc) is 3.77. The first-order chi connectivity index (χ1) is 29.3. The average molecular weight is 846 g/mol. The van der Waals surface area contributed by atoms with Gasteiger partial charge < -0.3 is 40.7 Å². The second-order valence-corrected chi connectivity index (χ2v) is 14.0. The molecule has 0 aliphatic carbocycles. The number of amides is 5. The maximum Gasteiger partial charge on any atom is 0.303 e. The Hall–Kier alpha value is -7.04. The minimum absolute atomic E-state index is 0. The second-order valence-electron chi connectivity index (χ2n) is 14.0. The van der Waals surface area contributed by atoms with Crippen LogP contribution in [0.4, 0.5) is 20.2 Å². The van der Waals surface area contributed by atoms with Gasteiger partial charge in [-0.3, -0.25) is 34.1 Å². The molecule has 2 atom stereocenters. The highest BCUT2D eigenvalue weighted by Gasteiger charge is 2.40. The van der Waals surface area contributed by atoms with E-state index in [0.29, 0.717) is 57.1 Å². The molecule has 0 radical (unpaired) electrons. The standard InChI is InChI=1S/C21H22FN3O5.C21H20FN3O4.2CH4/c1-30-13-5-6-16(22)12(9-13)10-24-17-4-2-3-14-15(17)11-25(21(14)29)18(20(23)28)7-8-19(26)27;1-29-13-5-6-16(22)12(9-13)10-23-17-4-2-3-14-15(17)11-25(21(14)28)18-7-8-19(26)24-20(18)27;;/h2-6,9,18,24H,7-8,10-11H2,1H3,(H2,23,28)(H,26,27);2-6,9,18,23H,7-8,10-11H2,1H3,(H,24,26,27);2*1H4/i;;1D;. The van der Waals surface area contributed by atoms with Crippen molar-refractivity contribution >= 4 is 46.9 Å².